The van der Waals surface area contributed by atoms with E-state index in [-0.39, 0.29) is 0 Å². The summed E-state index contributed by atoms with van der Waals surface area (Å²) in [5.41, 5.74) is 1.27. The maximum atomic E-state index is 5.51. The number of piperidine rings is 1. The Labute approximate surface area is 132 Å². The van der Waals surface area contributed by atoms with Crippen LogP contribution in [0, 0.1) is 0 Å². The zero-order valence-electron chi connectivity index (χ0n) is 12.3. The third-order valence-electron chi connectivity index (χ3n) is 3.66. The largest absolute Gasteiger partial charge is 0.471 e. The molecule has 2 rings (SSSR count). The Morgan fingerprint density at radius 3 is 3.24 bits per heavy atom. The highest BCUT2D eigenvalue weighted by Gasteiger charge is 2.22. The van der Waals surface area contributed by atoms with Crippen molar-refractivity contribution in [1.82, 2.24) is 15.6 Å². The molecule has 0 aromatic carbocycles. The lowest BCUT2D eigenvalue weighted by molar-refractivity contribution is 0.237. The van der Waals surface area contributed by atoms with E-state index in [1.807, 2.05) is 18.5 Å². The van der Waals surface area contributed by atoms with Crippen molar-refractivity contribution in [1.29, 1.82) is 0 Å². The van der Waals surface area contributed by atoms with Gasteiger partial charge in [-0.05, 0) is 43.1 Å². The van der Waals surface area contributed by atoms with Crippen LogP contribution in [0.4, 0.5) is 0 Å². The van der Waals surface area contributed by atoms with Crippen LogP contribution in [0.5, 0.6) is 0 Å². The molecule has 0 aliphatic carbocycles. The molecule has 0 bridgehead atoms. The molecule has 1 fully saturated rings. The van der Waals surface area contributed by atoms with Crippen LogP contribution in [0.3, 0.4) is 0 Å². The molecule has 114 valence electrons. The van der Waals surface area contributed by atoms with E-state index >= 15 is 0 Å². The summed E-state index contributed by atoms with van der Waals surface area (Å²) in [5, 5.41) is 7.11. The first-order chi connectivity index (χ1) is 10.3. The van der Waals surface area contributed by atoms with E-state index in [9.17, 15) is 0 Å². The third-order valence-corrected chi connectivity index (χ3v) is 3.92. The average Bonchev–Trinajstić information content (AvgIpc) is 2.54. The van der Waals surface area contributed by atoms with E-state index in [0.717, 1.165) is 6.42 Å². The summed E-state index contributed by atoms with van der Waals surface area (Å²) in [6, 6.07) is 5.01. The van der Waals surface area contributed by atoms with Gasteiger partial charge in [0.1, 0.15) is 0 Å². The normalized spacial score (nSPS) is 21.5. The first kappa shape index (κ1) is 15.9. The monoisotopic (exact) mass is 305 g/mol. The fourth-order valence-electron chi connectivity index (χ4n) is 2.59. The molecule has 2 N–H and O–H groups in total. The zero-order chi connectivity index (χ0) is 14.9. The molecule has 0 saturated carbocycles. The fraction of sp³-hybridized carbons (Fsp3) is 0.500. The minimum Gasteiger partial charge on any atom is -0.471 e. The lowest BCUT2D eigenvalue weighted by atomic mass is 9.93. The lowest BCUT2D eigenvalue weighted by Gasteiger charge is -2.31. The van der Waals surface area contributed by atoms with Crippen LogP contribution in [-0.2, 0) is 4.74 Å². The first-order valence-electron chi connectivity index (χ1n) is 7.47. The van der Waals surface area contributed by atoms with Gasteiger partial charge in [-0.25, -0.2) is 0 Å². The van der Waals surface area contributed by atoms with Crippen LogP contribution < -0.4 is 10.6 Å². The van der Waals surface area contributed by atoms with Gasteiger partial charge in [0.25, 0.3) is 5.17 Å². The standard InChI is InChI=1S/C16H23N3OS/c1-2-9-18-16(21)20-11-8-14-6-3-7-15(19-14)13-5-4-10-17-12-13/h2,4-5,10,12,14-15,19H,1,3,6-9,11H2,(H,18,21)/t14-,15-/m1/s1. The summed E-state index contributed by atoms with van der Waals surface area (Å²) in [7, 11) is 0. The van der Waals surface area contributed by atoms with Crippen LogP contribution in [-0.4, -0.2) is 29.4 Å². The predicted molar refractivity (Wildman–Crippen MR) is 89.1 cm³/mol. The Kier molecular flexibility index (Phi) is 6.63. The number of aromatic nitrogens is 1. The van der Waals surface area contributed by atoms with Gasteiger partial charge >= 0.3 is 0 Å². The molecule has 4 nitrogen and oxygen atoms in total. The second-order valence-electron chi connectivity index (χ2n) is 5.23. The van der Waals surface area contributed by atoms with Crippen molar-refractivity contribution in [3.8, 4) is 0 Å². The summed E-state index contributed by atoms with van der Waals surface area (Å²) in [5.74, 6) is 0. The molecule has 0 radical (unpaired) electrons. The summed E-state index contributed by atoms with van der Waals surface area (Å²) < 4.78 is 5.51. The molecule has 1 aliphatic heterocycles. The summed E-state index contributed by atoms with van der Waals surface area (Å²) >= 11 is 5.08. The second kappa shape index (κ2) is 8.74. The molecule has 1 aromatic rings. The van der Waals surface area contributed by atoms with E-state index in [4.69, 9.17) is 17.0 Å². The van der Waals surface area contributed by atoms with Crippen LogP contribution in [0.2, 0.25) is 0 Å². The minimum atomic E-state index is 0.406. The highest BCUT2D eigenvalue weighted by atomic mass is 32.1. The second-order valence-corrected chi connectivity index (χ2v) is 5.60. The number of ether oxygens (including phenoxy) is 1. The van der Waals surface area contributed by atoms with Crippen molar-refractivity contribution in [3.05, 3.63) is 42.7 Å². The Hall–Kier alpha value is -1.46. The number of rotatable bonds is 6. The maximum absolute atomic E-state index is 5.51. The van der Waals surface area contributed by atoms with Crippen molar-refractivity contribution >= 4 is 17.4 Å². The zero-order valence-corrected chi connectivity index (χ0v) is 13.1. The van der Waals surface area contributed by atoms with E-state index in [2.05, 4.69) is 28.3 Å². The van der Waals surface area contributed by atoms with E-state index in [1.165, 1.54) is 24.8 Å². The molecule has 1 aromatic heterocycles. The Morgan fingerprint density at radius 1 is 1.57 bits per heavy atom. The molecule has 5 heteroatoms. The van der Waals surface area contributed by atoms with Gasteiger partial charge in [0.05, 0.1) is 6.61 Å². The first-order valence-corrected chi connectivity index (χ1v) is 7.88. The highest BCUT2D eigenvalue weighted by molar-refractivity contribution is 7.80. The number of hydrogen-bond donors (Lipinski definition) is 2. The third kappa shape index (κ3) is 5.44. The minimum absolute atomic E-state index is 0.406. The molecular weight excluding hydrogens is 282 g/mol. The molecule has 2 atom stereocenters. The Balaban J connectivity index is 1.72. The fourth-order valence-corrected chi connectivity index (χ4v) is 2.76. The van der Waals surface area contributed by atoms with Gasteiger partial charge in [-0.3, -0.25) is 4.98 Å². The van der Waals surface area contributed by atoms with Crippen molar-refractivity contribution in [2.75, 3.05) is 13.2 Å². The van der Waals surface area contributed by atoms with Crippen LogP contribution in [0.15, 0.2) is 37.2 Å². The molecule has 0 unspecified atom stereocenters. The van der Waals surface area contributed by atoms with Gasteiger partial charge in [-0.1, -0.05) is 18.6 Å². The van der Waals surface area contributed by atoms with Crippen molar-refractivity contribution in [2.45, 2.75) is 37.8 Å². The maximum Gasteiger partial charge on any atom is 0.256 e. The summed E-state index contributed by atoms with van der Waals surface area (Å²) in [6.45, 7) is 4.91. The van der Waals surface area contributed by atoms with Gasteiger partial charge in [0.2, 0.25) is 0 Å². The van der Waals surface area contributed by atoms with Gasteiger partial charge < -0.3 is 15.4 Å². The summed E-state index contributed by atoms with van der Waals surface area (Å²) in [4.78, 5) is 4.20. The van der Waals surface area contributed by atoms with E-state index in [1.54, 1.807) is 6.08 Å². The molecule has 1 saturated heterocycles. The van der Waals surface area contributed by atoms with Gasteiger partial charge in [-0.2, -0.15) is 0 Å². The number of thiocarbonyl (C=S) groups is 1. The molecule has 1 aliphatic rings. The number of nitrogens with one attached hydrogen (secondary N) is 2. The quantitative estimate of drug-likeness (QED) is 0.625. The SMILES string of the molecule is C=CCNC(=S)OCC[C@H]1CCC[C@H](c2cccnc2)N1. The molecule has 0 spiro atoms. The van der Waals surface area contributed by atoms with Crippen LogP contribution >= 0.6 is 12.2 Å². The summed E-state index contributed by atoms with van der Waals surface area (Å²) in [6.07, 6.45) is 10.1. The Morgan fingerprint density at radius 2 is 2.48 bits per heavy atom. The highest BCUT2D eigenvalue weighted by Crippen LogP contribution is 2.25. The van der Waals surface area contributed by atoms with Gasteiger partial charge in [0.15, 0.2) is 0 Å². The topological polar surface area (TPSA) is 46.2 Å². The number of pyridine rings is 1. The van der Waals surface area contributed by atoms with Crippen molar-refractivity contribution in [3.63, 3.8) is 0 Å². The number of hydrogen-bond acceptors (Lipinski definition) is 4. The predicted octanol–water partition coefficient (Wildman–Crippen LogP) is 2.73. The lowest BCUT2D eigenvalue weighted by Crippen LogP contribution is -2.38. The molecular formula is C16H23N3OS. The van der Waals surface area contributed by atoms with Gasteiger partial charge in [0, 0.05) is 31.0 Å². The van der Waals surface area contributed by atoms with Crippen LogP contribution in [0.25, 0.3) is 0 Å². The van der Waals surface area contributed by atoms with E-state index < -0.39 is 0 Å². The Bertz CT molecular complexity index is 452. The van der Waals surface area contributed by atoms with Crippen molar-refractivity contribution < 1.29 is 4.74 Å². The van der Waals surface area contributed by atoms with Gasteiger partial charge in [-0.15, -0.1) is 6.58 Å². The molecule has 21 heavy (non-hydrogen) atoms. The average molecular weight is 305 g/mol. The number of nitrogens with zero attached hydrogens (tertiary/aromatic N) is 1. The smallest absolute Gasteiger partial charge is 0.256 e. The van der Waals surface area contributed by atoms with Crippen LogP contribution in [0.1, 0.15) is 37.3 Å². The van der Waals surface area contributed by atoms with E-state index in [0.29, 0.717) is 30.4 Å². The molecule has 0 amide bonds. The molecule has 2 heterocycles. The van der Waals surface area contributed by atoms with Crippen molar-refractivity contribution in [2.24, 2.45) is 0 Å².